The molecule has 1 aliphatic heterocycles. The van der Waals surface area contributed by atoms with Crippen LogP contribution in [-0.4, -0.2) is 32.3 Å². The number of hydrogen-bond acceptors (Lipinski definition) is 5. The Bertz CT molecular complexity index is 1010. The van der Waals surface area contributed by atoms with Crippen LogP contribution >= 0.6 is 0 Å². The fourth-order valence-corrected chi connectivity index (χ4v) is 3.09. The van der Waals surface area contributed by atoms with Crippen molar-refractivity contribution in [2.75, 3.05) is 0 Å². The second-order valence-electron chi connectivity index (χ2n) is 6.84. The van der Waals surface area contributed by atoms with Gasteiger partial charge in [0.1, 0.15) is 12.1 Å². The van der Waals surface area contributed by atoms with Gasteiger partial charge in [-0.2, -0.15) is 0 Å². The van der Waals surface area contributed by atoms with Gasteiger partial charge in [0, 0.05) is 24.7 Å². The molecule has 1 N–H and O–H groups in total. The summed E-state index contributed by atoms with van der Waals surface area (Å²) in [6.07, 6.45) is 3.46. The normalized spacial score (nSPS) is 16.4. The minimum Gasteiger partial charge on any atom is -0.382 e. The summed E-state index contributed by atoms with van der Waals surface area (Å²) in [5.41, 5.74) is 3.69. The average Bonchev–Trinajstić information content (AvgIpc) is 3.34. The number of carbonyl (C=O) groups excluding carboxylic acids is 1. The van der Waals surface area contributed by atoms with Crippen molar-refractivity contribution in [1.29, 1.82) is 0 Å². The van der Waals surface area contributed by atoms with Gasteiger partial charge in [-0.1, -0.05) is 37.2 Å². The van der Waals surface area contributed by atoms with Gasteiger partial charge in [-0.3, -0.25) is 9.36 Å². The zero-order valence-electron chi connectivity index (χ0n) is 15.3. The topological polar surface area (TPSA) is 81.4 Å². The second kappa shape index (κ2) is 7.19. The molecule has 0 fully saturated rings. The number of hydrogen-bond donors (Lipinski definition) is 1. The summed E-state index contributed by atoms with van der Waals surface area (Å²) in [6.45, 7) is 4.44. The van der Waals surface area contributed by atoms with Gasteiger partial charge in [0.25, 0.3) is 5.91 Å². The Hall–Kier alpha value is -3.22. The molecule has 0 bridgehead atoms. The van der Waals surface area contributed by atoms with Crippen LogP contribution in [0.15, 0.2) is 54.1 Å². The number of amides is 1. The molecule has 7 nitrogen and oxygen atoms in total. The molecule has 0 aliphatic carbocycles. The highest BCUT2D eigenvalue weighted by Gasteiger charge is 2.29. The van der Waals surface area contributed by atoms with Crippen LogP contribution in [0.4, 0.5) is 0 Å². The Labute approximate surface area is 157 Å². The summed E-state index contributed by atoms with van der Waals surface area (Å²) in [5, 5.41) is 6.96. The third-order valence-corrected chi connectivity index (χ3v) is 4.65. The SMILES string of the molecule is CC(C)C1=NOC(C(=O)NCc2cccnc2-n2cnc3ccccc32)C1. The van der Waals surface area contributed by atoms with Gasteiger partial charge in [0.05, 0.1) is 16.7 Å². The van der Waals surface area contributed by atoms with E-state index in [1.54, 1.807) is 12.5 Å². The van der Waals surface area contributed by atoms with Crippen LogP contribution in [0.25, 0.3) is 16.9 Å². The van der Waals surface area contributed by atoms with Crippen LogP contribution in [-0.2, 0) is 16.2 Å². The van der Waals surface area contributed by atoms with E-state index in [0.29, 0.717) is 13.0 Å². The summed E-state index contributed by atoms with van der Waals surface area (Å²) in [6, 6.07) is 11.7. The van der Waals surface area contributed by atoms with Crippen molar-refractivity contribution >= 4 is 22.7 Å². The molecule has 0 saturated carbocycles. The van der Waals surface area contributed by atoms with Crippen LogP contribution in [0.2, 0.25) is 0 Å². The lowest BCUT2D eigenvalue weighted by atomic mass is 10.0. The number of nitrogens with zero attached hydrogens (tertiary/aromatic N) is 4. The maximum Gasteiger partial charge on any atom is 0.264 e. The first-order chi connectivity index (χ1) is 13.1. The highest BCUT2D eigenvalue weighted by molar-refractivity contribution is 5.93. The predicted octanol–water partition coefficient (Wildman–Crippen LogP) is 2.84. The smallest absolute Gasteiger partial charge is 0.264 e. The molecule has 3 heterocycles. The number of benzene rings is 1. The summed E-state index contributed by atoms with van der Waals surface area (Å²) in [7, 11) is 0. The molecule has 1 unspecified atom stereocenters. The van der Waals surface area contributed by atoms with Crippen LogP contribution in [0.3, 0.4) is 0 Å². The summed E-state index contributed by atoms with van der Waals surface area (Å²) < 4.78 is 1.93. The van der Waals surface area contributed by atoms with Gasteiger partial charge in [0.15, 0.2) is 0 Å². The van der Waals surface area contributed by atoms with Crippen molar-refractivity contribution in [3.63, 3.8) is 0 Å². The maximum absolute atomic E-state index is 12.4. The molecule has 1 amide bonds. The number of fused-ring (bicyclic) bond motifs is 1. The third kappa shape index (κ3) is 3.40. The quantitative estimate of drug-likeness (QED) is 0.756. The lowest BCUT2D eigenvalue weighted by Gasteiger charge is -2.13. The van der Waals surface area contributed by atoms with Gasteiger partial charge in [0.2, 0.25) is 6.10 Å². The number of rotatable bonds is 5. The Morgan fingerprint density at radius 1 is 1.26 bits per heavy atom. The molecular weight excluding hydrogens is 342 g/mol. The number of aromatic nitrogens is 3. The number of carbonyl (C=O) groups is 1. The van der Waals surface area contributed by atoms with Crippen molar-refractivity contribution in [3.8, 4) is 5.82 Å². The molecule has 3 aromatic rings. The van der Waals surface area contributed by atoms with E-state index in [2.05, 4.69) is 20.4 Å². The maximum atomic E-state index is 12.4. The number of nitrogens with one attached hydrogen (secondary N) is 1. The van der Waals surface area contributed by atoms with Crippen molar-refractivity contribution in [2.24, 2.45) is 11.1 Å². The summed E-state index contributed by atoms with van der Waals surface area (Å²) in [5.74, 6) is 0.861. The van der Waals surface area contributed by atoms with Gasteiger partial charge >= 0.3 is 0 Å². The van der Waals surface area contributed by atoms with Gasteiger partial charge < -0.3 is 10.2 Å². The van der Waals surface area contributed by atoms with Crippen molar-refractivity contribution < 1.29 is 9.63 Å². The van der Waals surface area contributed by atoms with E-state index in [0.717, 1.165) is 28.1 Å². The number of pyridine rings is 1. The monoisotopic (exact) mass is 363 g/mol. The van der Waals surface area contributed by atoms with E-state index in [4.69, 9.17) is 4.84 Å². The van der Waals surface area contributed by atoms with E-state index in [9.17, 15) is 4.79 Å². The largest absolute Gasteiger partial charge is 0.382 e. The molecule has 0 spiro atoms. The van der Waals surface area contributed by atoms with Gasteiger partial charge in [-0.25, -0.2) is 9.97 Å². The summed E-state index contributed by atoms with van der Waals surface area (Å²) in [4.78, 5) is 26.6. The average molecular weight is 363 g/mol. The first-order valence-electron chi connectivity index (χ1n) is 9.00. The molecule has 1 aliphatic rings. The van der Waals surface area contributed by atoms with E-state index < -0.39 is 6.10 Å². The molecular formula is C20H21N5O2. The second-order valence-corrected chi connectivity index (χ2v) is 6.84. The highest BCUT2D eigenvalue weighted by atomic mass is 16.6. The van der Waals surface area contributed by atoms with Crippen LogP contribution in [0.5, 0.6) is 0 Å². The molecule has 0 saturated heterocycles. The van der Waals surface area contributed by atoms with Crippen molar-refractivity contribution in [1.82, 2.24) is 19.9 Å². The molecule has 1 atom stereocenters. The molecule has 27 heavy (non-hydrogen) atoms. The molecule has 4 rings (SSSR count). The lowest BCUT2D eigenvalue weighted by molar-refractivity contribution is -0.131. The predicted molar refractivity (Wildman–Crippen MR) is 102 cm³/mol. The Kier molecular flexibility index (Phi) is 4.58. The van der Waals surface area contributed by atoms with E-state index >= 15 is 0 Å². The number of imidazole rings is 1. The first-order valence-corrected chi connectivity index (χ1v) is 9.00. The Morgan fingerprint density at radius 2 is 2.11 bits per heavy atom. The molecule has 138 valence electrons. The fourth-order valence-electron chi connectivity index (χ4n) is 3.09. The van der Waals surface area contributed by atoms with Crippen LogP contribution in [0.1, 0.15) is 25.8 Å². The first kappa shape index (κ1) is 17.2. The van der Waals surface area contributed by atoms with Crippen LogP contribution in [0, 0.1) is 5.92 Å². The van der Waals surface area contributed by atoms with Crippen molar-refractivity contribution in [2.45, 2.75) is 32.9 Å². The van der Waals surface area contributed by atoms with Gasteiger partial charge in [-0.15, -0.1) is 0 Å². The zero-order chi connectivity index (χ0) is 18.8. The molecule has 1 aromatic carbocycles. The lowest BCUT2D eigenvalue weighted by Crippen LogP contribution is -2.34. The molecule has 2 aromatic heterocycles. The third-order valence-electron chi connectivity index (χ3n) is 4.65. The standard InChI is InChI=1S/C20H21N5O2/c1-13(2)16-10-18(27-24-16)20(26)22-11-14-6-5-9-21-19(14)25-12-23-15-7-3-4-8-17(15)25/h3-9,12-13,18H,10-11H2,1-2H3,(H,22,26). The van der Waals surface area contributed by atoms with Crippen molar-refractivity contribution in [3.05, 3.63) is 54.5 Å². The fraction of sp³-hybridized carbons (Fsp3) is 0.300. The van der Waals surface area contributed by atoms with Gasteiger partial charge in [-0.05, 0) is 24.1 Å². The van der Waals surface area contributed by atoms with Crippen LogP contribution < -0.4 is 5.32 Å². The van der Waals surface area contributed by atoms with E-state index in [-0.39, 0.29) is 11.8 Å². The zero-order valence-corrected chi connectivity index (χ0v) is 15.3. The molecule has 0 radical (unpaired) electrons. The van der Waals surface area contributed by atoms with E-state index in [1.807, 2.05) is 54.8 Å². The Morgan fingerprint density at radius 3 is 2.93 bits per heavy atom. The summed E-state index contributed by atoms with van der Waals surface area (Å²) >= 11 is 0. The van der Waals surface area contributed by atoms with E-state index in [1.165, 1.54) is 0 Å². The highest BCUT2D eigenvalue weighted by Crippen LogP contribution is 2.20. The number of oxime groups is 1. The number of para-hydroxylation sites is 2. The molecule has 7 heteroatoms. The Balaban J connectivity index is 1.50. The minimum atomic E-state index is -0.559. The minimum absolute atomic E-state index is 0.167.